The molecule has 0 N–H and O–H groups in total. The monoisotopic (exact) mass is 526 g/mol. The third-order valence-electron chi connectivity index (χ3n) is 9.20. The molecule has 8 heteroatoms. The fourth-order valence-corrected chi connectivity index (χ4v) is 7.85. The van der Waals surface area contributed by atoms with Gasteiger partial charge >= 0.3 is 5.97 Å². The minimum Gasteiger partial charge on any atom is -0.463 e. The minimum atomic E-state index is -1.41. The van der Waals surface area contributed by atoms with Crippen LogP contribution in [-0.2, 0) is 28.7 Å². The van der Waals surface area contributed by atoms with E-state index in [2.05, 4.69) is 0 Å². The number of rotatable bonds is 4. The molecular formula is C31H30N2O6. The molecule has 0 radical (unpaired) electrons. The van der Waals surface area contributed by atoms with Gasteiger partial charge in [-0.3, -0.25) is 19.2 Å². The van der Waals surface area contributed by atoms with Crippen LogP contribution in [0.5, 0.6) is 0 Å². The largest absolute Gasteiger partial charge is 0.463 e. The average Bonchev–Trinajstić information content (AvgIpc) is 3.30. The lowest BCUT2D eigenvalue weighted by Gasteiger charge is -2.55. The van der Waals surface area contributed by atoms with E-state index in [0.717, 1.165) is 11.1 Å². The molecule has 2 bridgehead atoms. The van der Waals surface area contributed by atoms with Crippen LogP contribution >= 0.6 is 0 Å². The Morgan fingerprint density at radius 1 is 0.769 bits per heavy atom. The molecule has 2 aliphatic heterocycles. The standard InChI is InChI=1S/C31H30N2O6/c1-6-39-30(38)23-17(4)20-21-24(28(36)32(26(21)34)18-11-7-9-15(2)13-18)31(23,5)25-22(20)27(35)33(29(25)37)19-12-8-10-16(3)14-19/h7-14,20-22,24-25H,6H2,1-5H3/t20?,21-,22+,24-,25-,31?/m1/s1. The highest BCUT2D eigenvalue weighted by atomic mass is 16.5. The van der Waals surface area contributed by atoms with Crippen LogP contribution in [-0.4, -0.2) is 36.2 Å². The second-order valence-corrected chi connectivity index (χ2v) is 11.3. The molecule has 7 rings (SSSR count). The average molecular weight is 527 g/mol. The third-order valence-corrected chi connectivity index (χ3v) is 9.20. The van der Waals surface area contributed by atoms with Gasteiger partial charge in [-0.05, 0) is 63.1 Å². The number of ether oxygens (including phenoxy) is 1. The van der Waals surface area contributed by atoms with Gasteiger partial charge in [0.05, 0.1) is 41.7 Å². The molecule has 0 spiro atoms. The number of anilines is 2. The number of carbonyl (C=O) groups is 5. The number of aryl methyl sites for hydroxylation is 2. The molecule has 6 atom stereocenters. The van der Waals surface area contributed by atoms with Gasteiger partial charge in [0.25, 0.3) is 0 Å². The quantitative estimate of drug-likeness (QED) is 0.444. The predicted octanol–water partition coefficient (Wildman–Crippen LogP) is 3.74. The molecule has 2 aromatic rings. The molecule has 0 aromatic heterocycles. The van der Waals surface area contributed by atoms with Crippen molar-refractivity contribution < 1.29 is 28.7 Å². The van der Waals surface area contributed by atoms with Gasteiger partial charge in [0.2, 0.25) is 23.6 Å². The maximum absolute atomic E-state index is 14.2. The Bertz CT molecular complexity index is 1430. The van der Waals surface area contributed by atoms with Crippen molar-refractivity contribution in [1.82, 2.24) is 0 Å². The normalized spacial score (nSPS) is 31.3. The number of nitrogens with zero attached hydrogens (tertiary/aromatic N) is 2. The summed E-state index contributed by atoms with van der Waals surface area (Å²) in [5, 5.41) is 0. The first-order valence-corrected chi connectivity index (χ1v) is 13.3. The lowest BCUT2D eigenvalue weighted by Crippen LogP contribution is -2.61. The number of esters is 1. The van der Waals surface area contributed by atoms with Gasteiger partial charge in [-0.15, -0.1) is 0 Å². The van der Waals surface area contributed by atoms with Crippen LogP contribution in [0.2, 0.25) is 0 Å². The van der Waals surface area contributed by atoms with Gasteiger partial charge in [0.15, 0.2) is 0 Å². The van der Waals surface area contributed by atoms with Crippen molar-refractivity contribution in [3.05, 3.63) is 70.8 Å². The molecule has 3 aliphatic carbocycles. The smallest absolute Gasteiger partial charge is 0.334 e. The number of allylic oxidation sites excluding steroid dienone is 1. The van der Waals surface area contributed by atoms with E-state index in [1.165, 1.54) is 9.80 Å². The van der Waals surface area contributed by atoms with Crippen LogP contribution in [0.4, 0.5) is 11.4 Å². The second-order valence-electron chi connectivity index (χ2n) is 11.3. The summed E-state index contributed by atoms with van der Waals surface area (Å²) in [6.07, 6.45) is 0. The van der Waals surface area contributed by atoms with Crippen molar-refractivity contribution in [3.8, 4) is 0 Å². The van der Waals surface area contributed by atoms with Crippen molar-refractivity contribution in [3.63, 3.8) is 0 Å². The van der Waals surface area contributed by atoms with Crippen molar-refractivity contribution in [1.29, 1.82) is 0 Å². The summed E-state index contributed by atoms with van der Waals surface area (Å²) in [4.78, 5) is 72.3. The minimum absolute atomic E-state index is 0.114. The molecule has 1 saturated carbocycles. The highest BCUT2D eigenvalue weighted by molar-refractivity contribution is 6.27. The van der Waals surface area contributed by atoms with Gasteiger partial charge in [-0.2, -0.15) is 0 Å². The van der Waals surface area contributed by atoms with E-state index in [4.69, 9.17) is 4.74 Å². The molecule has 2 heterocycles. The van der Waals surface area contributed by atoms with Gasteiger partial charge in [-0.1, -0.05) is 36.8 Å². The Kier molecular flexibility index (Phi) is 5.47. The molecule has 200 valence electrons. The van der Waals surface area contributed by atoms with E-state index in [9.17, 15) is 24.0 Å². The van der Waals surface area contributed by atoms with E-state index in [1.54, 1.807) is 57.2 Å². The zero-order valence-corrected chi connectivity index (χ0v) is 22.6. The van der Waals surface area contributed by atoms with E-state index in [0.29, 0.717) is 16.9 Å². The number of amides is 4. The summed E-state index contributed by atoms with van der Waals surface area (Å²) in [7, 11) is 0. The van der Waals surface area contributed by atoms with Gasteiger partial charge in [-0.25, -0.2) is 14.6 Å². The summed E-state index contributed by atoms with van der Waals surface area (Å²) in [5.74, 6) is -6.78. The van der Waals surface area contributed by atoms with E-state index >= 15 is 0 Å². The van der Waals surface area contributed by atoms with Crippen LogP contribution in [0.1, 0.15) is 31.9 Å². The van der Waals surface area contributed by atoms with E-state index in [-0.39, 0.29) is 12.2 Å². The summed E-state index contributed by atoms with van der Waals surface area (Å²) in [5.41, 5.74) is 2.05. The molecule has 39 heavy (non-hydrogen) atoms. The first kappa shape index (κ1) is 25.2. The van der Waals surface area contributed by atoms with Gasteiger partial charge in [0.1, 0.15) is 0 Å². The van der Waals surface area contributed by atoms with Gasteiger partial charge < -0.3 is 4.74 Å². The van der Waals surface area contributed by atoms with Crippen molar-refractivity contribution in [2.24, 2.45) is 35.0 Å². The number of benzene rings is 2. The maximum atomic E-state index is 14.2. The Morgan fingerprint density at radius 2 is 1.23 bits per heavy atom. The van der Waals surface area contributed by atoms with Crippen LogP contribution in [0, 0.1) is 48.9 Å². The SMILES string of the molecule is CCOC(=O)C1=C(C)C2[C@H]3C(=O)N(c4cccc(C)c4)C(=O)[C@@H]3C1(C)[C@H]1C(=O)N(c3cccc(C)c3)C(=O)[C@@H]21. The Balaban J connectivity index is 1.55. The molecule has 4 amide bonds. The molecule has 3 fully saturated rings. The highest BCUT2D eigenvalue weighted by Crippen LogP contribution is 2.68. The van der Waals surface area contributed by atoms with Gasteiger partial charge in [0, 0.05) is 16.9 Å². The topological polar surface area (TPSA) is 101 Å². The highest BCUT2D eigenvalue weighted by Gasteiger charge is 2.77. The summed E-state index contributed by atoms with van der Waals surface area (Å²) in [6, 6.07) is 14.2. The fourth-order valence-electron chi connectivity index (χ4n) is 7.85. The number of hydrogen-bond donors (Lipinski definition) is 0. The lowest BCUT2D eigenvalue weighted by molar-refractivity contribution is -0.155. The predicted molar refractivity (Wildman–Crippen MR) is 142 cm³/mol. The zero-order chi connectivity index (χ0) is 28.0. The molecular weight excluding hydrogens is 496 g/mol. The summed E-state index contributed by atoms with van der Waals surface area (Å²) >= 11 is 0. The van der Waals surface area contributed by atoms with Crippen molar-refractivity contribution in [2.75, 3.05) is 16.4 Å². The Labute approximate surface area is 226 Å². The van der Waals surface area contributed by atoms with E-state index < -0.39 is 64.6 Å². The van der Waals surface area contributed by atoms with E-state index in [1.807, 2.05) is 26.0 Å². The maximum Gasteiger partial charge on any atom is 0.334 e. The third kappa shape index (κ3) is 3.14. The lowest BCUT2D eigenvalue weighted by atomic mass is 9.43. The first-order chi connectivity index (χ1) is 18.5. The molecule has 8 nitrogen and oxygen atoms in total. The first-order valence-electron chi connectivity index (χ1n) is 13.3. The second kappa shape index (κ2) is 8.46. The van der Waals surface area contributed by atoms with Crippen LogP contribution in [0.3, 0.4) is 0 Å². The van der Waals surface area contributed by atoms with Crippen molar-refractivity contribution >= 4 is 41.0 Å². The van der Waals surface area contributed by atoms with Crippen LogP contribution in [0.15, 0.2) is 59.7 Å². The number of carbonyl (C=O) groups excluding carboxylic acids is 5. The zero-order valence-electron chi connectivity index (χ0n) is 22.6. The van der Waals surface area contributed by atoms with Crippen LogP contribution < -0.4 is 9.80 Å². The van der Waals surface area contributed by atoms with Crippen molar-refractivity contribution in [2.45, 2.75) is 34.6 Å². The molecule has 2 aromatic carbocycles. The molecule has 2 saturated heterocycles. The molecule has 2 unspecified atom stereocenters. The Morgan fingerprint density at radius 3 is 1.64 bits per heavy atom. The molecule has 5 aliphatic rings. The fraction of sp³-hybridized carbons (Fsp3) is 0.387. The summed E-state index contributed by atoms with van der Waals surface area (Å²) < 4.78 is 5.43. The van der Waals surface area contributed by atoms with Crippen LogP contribution in [0.25, 0.3) is 0 Å². The number of imide groups is 2. The Hall–Kier alpha value is -4.07. The summed E-state index contributed by atoms with van der Waals surface area (Å²) in [6.45, 7) is 8.99. The number of hydrogen-bond acceptors (Lipinski definition) is 6.